The SMILES string of the molecule is CNC(=O)C(O)CC1=NCC(C)(C)C1. The largest absolute Gasteiger partial charge is 0.383 e. The number of aliphatic imine (C=N–C) groups is 1. The predicted octanol–water partition coefficient (Wildman–Crippen LogP) is 0.354. The first-order valence-corrected chi connectivity index (χ1v) is 4.86. The molecule has 1 unspecified atom stereocenters. The fourth-order valence-electron chi connectivity index (χ4n) is 1.61. The first kappa shape index (κ1) is 11.2. The number of amides is 1. The van der Waals surface area contributed by atoms with Gasteiger partial charge in [0.1, 0.15) is 6.10 Å². The molecule has 0 saturated carbocycles. The topological polar surface area (TPSA) is 61.7 Å². The quantitative estimate of drug-likeness (QED) is 0.687. The highest BCUT2D eigenvalue weighted by Crippen LogP contribution is 2.28. The molecule has 80 valence electrons. The number of nitrogens with one attached hydrogen (secondary N) is 1. The minimum Gasteiger partial charge on any atom is -0.383 e. The van der Waals surface area contributed by atoms with Crippen LogP contribution in [0.1, 0.15) is 26.7 Å². The second-order valence-electron chi connectivity index (χ2n) is 4.56. The summed E-state index contributed by atoms with van der Waals surface area (Å²) in [6.07, 6.45) is 0.289. The molecule has 14 heavy (non-hydrogen) atoms. The van der Waals surface area contributed by atoms with E-state index in [1.165, 1.54) is 7.05 Å². The molecule has 0 bridgehead atoms. The summed E-state index contributed by atoms with van der Waals surface area (Å²) >= 11 is 0. The first-order chi connectivity index (χ1) is 6.44. The Balaban J connectivity index is 2.43. The predicted molar refractivity (Wildman–Crippen MR) is 55.4 cm³/mol. The lowest BCUT2D eigenvalue weighted by Crippen LogP contribution is -2.33. The van der Waals surface area contributed by atoms with Gasteiger partial charge in [-0.25, -0.2) is 0 Å². The lowest BCUT2D eigenvalue weighted by molar-refractivity contribution is -0.128. The van der Waals surface area contributed by atoms with Crippen LogP contribution in [0.5, 0.6) is 0 Å². The summed E-state index contributed by atoms with van der Waals surface area (Å²) in [6, 6.07) is 0. The zero-order valence-corrected chi connectivity index (χ0v) is 9.00. The van der Waals surface area contributed by atoms with Crippen molar-refractivity contribution in [1.82, 2.24) is 5.32 Å². The number of aliphatic hydroxyl groups excluding tert-OH is 1. The van der Waals surface area contributed by atoms with Gasteiger partial charge in [-0.05, 0) is 11.8 Å². The molecule has 1 aliphatic rings. The summed E-state index contributed by atoms with van der Waals surface area (Å²) in [5.41, 5.74) is 1.14. The molecule has 1 atom stereocenters. The Morgan fingerprint density at radius 2 is 2.36 bits per heavy atom. The van der Waals surface area contributed by atoms with E-state index < -0.39 is 6.10 Å². The van der Waals surface area contributed by atoms with Gasteiger partial charge < -0.3 is 10.4 Å². The van der Waals surface area contributed by atoms with Gasteiger partial charge in [-0.3, -0.25) is 9.79 Å². The van der Waals surface area contributed by atoms with Crippen molar-refractivity contribution in [1.29, 1.82) is 0 Å². The van der Waals surface area contributed by atoms with Crippen LogP contribution in [0.4, 0.5) is 0 Å². The van der Waals surface area contributed by atoms with Crippen molar-refractivity contribution >= 4 is 11.6 Å². The van der Waals surface area contributed by atoms with Gasteiger partial charge in [-0.15, -0.1) is 0 Å². The van der Waals surface area contributed by atoms with E-state index in [4.69, 9.17) is 0 Å². The van der Waals surface area contributed by atoms with Gasteiger partial charge in [-0.1, -0.05) is 13.8 Å². The summed E-state index contributed by atoms with van der Waals surface area (Å²) in [7, 11) is 1.52. The second-order valence-corrected chi connectivity index (χ2v) is 4.56. The van der Waals surface area contributed by atoms with E-state index in [0.29, 0.717) is 6.42 Å². The van der Waals surface area contributed by atoms with Crippen LogP contribution in [0.25, 0.3) is 0 Å². The molecule has 4 heteroatoms. The van der Waals surface area contributed by atoms with Crippen molar-refractivity contribution in [3.8, 4) is 0 Å². The van der Waals surface area contributed by atoms with E-state index in [0.717, 1.165) is 18.7 Å². The molecule has 0 aliphatic carbocycles. The van der Waals surface area contributed by atoms with Gasteiger partial charge >= 0.3 is 0 Å². The zero-order chi connectivity index (χ0) is 10.8. The number of rotatable bonds is 3. The van der Waals surface area contributed by atoms with Crippen LogP contribution in [-0.2, 0) is 4.79 Å². The number of likely N-dealkylation sites (N-methyl/N-ethyl adjacent to an activating group) is 1. The van der Waals surface area contributed by atoms with Gasteiger partial charge in [-0.2, -0.15) is 0 Å². The normalized spacial score (nSPS) is 21.6. The minimum absolute atomic E-state index is 0.192. The molecule has 0 fully saturated rings. The number of nitrogens with zero attached hydrogens (tertiary/aromatic N) is 1. The molecule has 0 spiro atoms. The Morgan fingerprint density at radius 1 is 1.71 bits per heavy atom. The van der Waals surface area contributed by atoms with Crippen LogP contribution >= 0.6 is 0 Å². The first-order valence-electron chi connectivity index (χ1n) is 4.86. The smallest absolute Gasteiger partial charge is 0.248 e. The fraction of sp³-hybridized carbons (Fsp3) is 0.800. The van der Waals surface area contributed by atoms with Crippen LogP contribution < -0.4 is 5.32 Å². The van der Waals surface area contributed by atoms with Crippen LogP contribution in [-0.4, -0.2) is 36.4 Å². The van der Waals surface area contributed by atoms with E-state index in [9.17, 15) is 9.90 Å². The lowest BCUT2D eigenvalue weighted by atomic mass is 9.89. The lowest BCUT2D eigenvalue weighted by Gasteiger charge is -2.15. The van der Waals surface area contributed by atoms with Crippen LogP contribution in [0.15, 0.2) is 4.99 Å². The third-order valence-electron chi connectivity index (χ3n) is 2.39. The van der Waals surface area contributed by atoms with Gasteiger partial charge in [0.05, 0.1) is 0 Å². The summed E-state index contributed by atoms with van der Waals surface area (Å²) < 4.78 is 0. The summed E-state index contributed by atoms with van der Waals surface area (Å²) in [5.74, 6) is -0.336. The Bertz CT molecular complexity index is 259. The molecule has 0 aromatic heterocycles. The highest BCUT2D eigenvalue weighted by molar-refractivity contribution is 5.92. The molecule has 0 aromatic rings. The maximum Gasteiger partial charge on any atom is 0.248 e. The summed E-state index contributed by atoms with van der Waals surface area (Å²) in [4.78, 5) is 15.4. The molecule has 0 saturated heterocycles. The van der Waals surface area contributed by atoms with Crippen molar-refractivity contribution in [2.24, 2.45) is 10.4 Å². The third-order valence-corrected chi connectivity index (χ3v) is 2.39. The summed E-state index contributed by atoms with van der Waals surface area (Å²) in [5, 5.41) is 11.9. The number of aliphatic hydroxyl groups is 1. The molecule has 2 N–H and O–H groups in total. The average Bonchev–Trinajstić information content (AvgIpc) is 2.44. The minimum atomic E-state index is -0.951. The molecule has 1 rings (SSSR count). The van der Waals surface area contributed by atoms with Gasteiger partial charge in [0, 0.05) is 25.7 Å². The Labute approximate surface area is 84.4 Å². The Morgan fingerprint density at radius 3 is 2.79 bits per heavy atom. The van der Waals surface area contributed by atoms with E-state index in [-0.39, 0.29) is 11.3 Å². The molecule has 0 radical (unpaired) electrons. The van der Waals surface area contributed by atoms with Crippen molar-refractivity contribution in [3.63, 3.8) is 0 Å². The van der Waals surface area contributed by atoms with E-state index in [2.05, 4.69) is 24.2 Å². The number of hydrogen-bond acceptors (Lipinski definition) is 3. The van der Waals surface area contributed by atoms with Crippen molar-refractivity contribution in [2.45, 2.75) is 32.8 Å². The number of hydrogen-bond donors (Lipinski definition) is 2. The molecule has 4 nitrogen and oxygen atoms in total. The van der Waals surface area contributed by atoms with E-state index >= 15 is 0 Å². The van der Waals surface area contributed by atoms with Crippen molar-refractivity contribution in [2.75, 3.05) is 13.6 Å². The number of carbonyl (C=O) groups excluding carboxylic acids is 1. The Hall–Kier alpha value is -0.900. The fourth-order valence-corrected chi connectivity index (χ4v) is 1.61. The van der Waals surface area contributed by atoms with Crippen LogP contribution in [0.3, 0.4) is 0 Å². The summed E-state index contributed by atoms with van der Waals surface area (Å²) in [6.45, 7) is 5.06. The molecule has 0 aromatic carbocycles. The zero-order valence-electron chi connectivity index (χ0n) is 9.00. The monoisotopic (exact) mass is 198 g/mol. The maximum absolute atomic E-state index is 11.0. The molecule has 1 heterocycles. The highest BCUT2D eigenvalue weighted by atomic mass is 16.3. The van der Waals surface area contributed by atoms with E-state index in [1.807, 2.05) is 0 Å². The van der Waals surface area contributed by atoms with Crippen molar-refractivity contribution < 1.29 is 9.90 Å². The molecule has 1 amide bonds. The molecular formula is C10H18N2O2. The second kappa shape index (κ2) is 4.09. The average molecular weight is 198 g/mol. The Kier molecular flexibility index (Phi) is 3.26. The number of carbonyl (C=O) groups is 1. The van der Waals surface area contributed by atoms with Crippen LogP contribution in [0, 0.1) is 5.41 Å². The van der Waals surface area contributed by atoms with Gasteiger partial charge in [0.15, 0.2) is 0 Å². The van der Waals surface area contributed by atoms with Gasteiger partial charge in [0.2, 0.25) is 5.91 Å². The van der Waals surface area contributed by atoms with Crippen molar-refractivity contribution in [3.05, 3.63) is 0 Å². The molecule has 1 aliphatic heterocycles. The maximum atomic E-state index is 11.0. The van der Waals surface area contributed by atoms with E-state index in [1.54, 1.807) is 0 Å². The molecular weight excluding hydrogens is 180 g/mol. The van der Waals surface area contributed by atoms with Crippen LogP contribution in [0.2, 0.25) is 0 Å². The van der Waals surface area contributed by atoms with Gasteiger partial charge in [0.25, 0.3) is 0 Å². The third kappa shape index (κ3) is 2.80. The highest BCUT2D eigenvalue weighted by Gasteiger charge is 2.28. The standard InChI is InChI=1S/C10H18N2O2/c1-10(2)5-7(12-6-10)4-8(13)9(14)11-3/h8,13H,4-6H2,1-3H3,(H,11,14).